The molecule has 1 fully saturated rings. The molecule has 0 aliphatic carbocycles. The standard InChI is InChI=1S/C9H13NO4S.ClH/c1-2-3-10-4-5-15(13,14)7-8(10)6-9(11)12;/h1,8H,3-7H2,(H,11,12);1H. The topological polar surface area (TPSA) is 74.7 Å². The zero-order valence-electron chi connectivity index (χ0n) is 8.63. The van der Waals surface area contributed by atoms with Crippen LogP contribution >= 0.6 is 12.4 Å². The highest BCUT2D eigenvalue weighted by atomic mass is 35.5. The lowest BCUT2D eigenvalue weighted by atomic mass is 10.2. The van der Waals surface area contributed by atoms with Crippen molar-refractivity contribution in [1.29, 1.82) is 0 Å². The first-order valence-corrected chi connectivity index (χ1v) is 6.36. The summed E-state index contributed by atoms with van der Waals surface area (Å²) in [5, 5.41) is 8.65. The van der Waals surface area contributed by atoms with Gasteiger partial charge in [0.1, 0.15) is 0 Å². The van der Waals surface area contributed by atoms with E-state index in [4.69, 9.17) is 11.5 Å². The van der Waals surface area contributed by atoms with Crippen molar-refractivity contribution in [3.05, 3.63) is 0 Å². The molecule has 5 nitrogen and oxygen atoms in total. The van der Waals surface area contributed by atoms with Gasteiger partial charge in [0.25, 0.3) is 0 Å². The fraction of sp³-hybridized carbons (Fsp3) is 0.667. The van der Waals surface area contributed by atoms with E-state index >= 15 is 0 Å². The number of rotatable bonds is 3. The van der Waals surface area contributed by atoms with Gasteiger partial charge < -0.3 is 5.11 Å². The van der Waals surface area contributed by atoms with Gasteiger partial charge in [0.15, 0.2) is 9.84 Å². The largest absolute Gasteiger partial charge is 0.481 e. The van der Waals surface area contributed by atoms with Crippen LogP contribution in [0.3, 0.4) is 0 Å². The number of terminal acetylenes is 1. The molecule has 1 N–H and O–H groups in total. The van der Waals surface area contributed by atoms with Gasteiger partial charge in [-0.05, 0) is 0 Å². The zero-order chi connectivity index (χ0) is 11.5. The lowest BCUT2D eigenvalue weighted by Gasteiger charge is -2.32. The molecule has 0 saturated carbocycles. The molecule has 0 bridgehead atoms. The number of hydrogen-bond donors (Lipinski definition) is 1. The molecule has 0 spiro atoms. The maximum Gasteiger partial charge on any atom is 0.304 e. The van der Waals surface area contributed by atoms with Crippen molar-refractivity contribution in [1.82, 2.24) is 4.90 Å². The van der Waals surface area contributed by atoms with Crippen LogP contribution < -0.4 is 0 Å². The van der Waals surface area contributed by atoms with Crippen molar-refractivity contribution in [2.45, 2.75) is 12.5 Å². The van der Waals surface area contributed by atoms with Gasteiger partial charge in [-0.3, -0.25) is 9.69 Å². The molecule has 0 aromatic rings. The third-order valence-electron chi connectivity index (χ3n) is 2.36. The molecule has 1 atom stereocenters. The van der Waals surface area contributed by atoms with E-state index in [0.29, 0.717) is 13.1 Å². The third kappa shape index (κ3) is 4.39. The molecule has 1 aliphatic rings. The molecule has 1 rings (SSSR count). The highest BCUT2D eigenvalue weighted by Crippen LogP contribution is 2.14. The maximum absolute atomic E-state index is 11.3. The van der Waals surface area contributed by atoms with E-state index in [1.54, 1.807) is 4.90 Å². The van der Waals surface area contributed by atoms with E-state index in [-0.39, 0.29) is 30.3 Å². The second-order valence-electron chi connectivity index (χ2n) is 3.54. The number of carbonyl (C=O) groups is 1. The van der Waals surface area contributed by atoms with Gasteiger partial charge in [-0.2, -0.15) is 0 Å². The summed E-state index contributed by atoms with van der Waals surface area (Å²) in [5.74, 6) is 1.36. The predicted molar refractivity (Wildman–Crippen MR) is 62.3 cm³/mol. The summed E-state index contributed by atoms with van der Waals surface area (Å²) in [7, 11) is -3.10. The van der Waals surface area contributed by atoms with Crippen LogP contribution in [0.2, 0.25) is 0 Å². The minimum absolute atomic E-state index is 0. The van der Waals surface area contributed by atoms with Crippen LogP contribution in [-0.2, 0) is 14.6 Å². The van der Waals surface area contributed by atoms with Crippen LogP contribution in [0.1, 0.15) is 6.42 Å². The number of carboxylic acid groups (broad SMARTS) is 1. The minimum Gasteiger partial charge on any atom is -0.481 e. The lowest BCUT2D eigenvalue weighted by Crippen LogP contribution is -2.49. The Morgan fingerprint density at radius 2 is 2.19 bits per heavy atom. The third-order valence-corrected chi connectivity index (χ3v) is 4.05. The van der Waals surface area contributed by atoms with E-state index in [0.717, 1.165) is 0 Å². The van der Waals surface area contributed by atoms with Gasteiger partial charge >= 0.3 is 5.97 Å². The number of nitrogens with zero attached hydrogens (tertiary/aromatic N) is 1. The highest BCUT2D eigenvalue weighted by Gasteiger charge is 2.31. The molecule has 0 aromatic carbocycles. The summed E-state index contributed by atoms with van der Waals surface area (Å²) >= 11 is 0. The summed E-state index contributed by atoms with van der Waals surface area (Å²) in [5.41, 5.74) is 0. The number of halogens is 1. The Labute approximate surface area is 101 Å². The van der Waals surface area contributed by atoms with Crippen LogP contribution in [0.4, 0.5) is 0 Å². The first-order chi connectivity index (χ1) is 6.94. The summed E-state index contributed by atoms with van der Waals surface area (Å²) in [4.78, 5) is 12.3. The number of hydrogen-bond acceptors (Lipinski definition) is 4. The van der Waals surface area contributed by atoms with Crippen LogP contribution in [0.5, 0.6) is 0 Å². The molecule has 1 unspecified atom stereocenters. The SMILES string of the molecule is C#CCN1CCS(=O)(=O)CC1CC(=O)O.Cl. The molecule has 1 aliphatic heterocycles. The van der Waals surface area contributed by atoms with Crippen LogP contribution in [-0.4, -0.2) is 55.0 Å². The van der Waals surface area contributed by atoms with Gasteiger partial charge in [0, 0.05) is 12.6 Å². The van der Waals surface area contributed by atoms with Crippen molar-refractivity contribution in [3.8, 4) is 12.3 Å². The Balaban J connectivity index is 0.00000225. The molecule has 7 heteroatoms. The van der Waals surface area contributed by atoms with Crippen LogP contribution in [0, 0.1) is 12.3 Å². The monoisotopic (exact) mass is 267 g/mol. The number of aliphatic carboxylic acids is 1. The molecule has 1 saturated heterocycles. The second-order valence-corrected chi connectivity index (χ2v) is 5.77. The van der Waals surface area contributed by atoms with Crippen LogP contribution in [0.15, 0.2) is 0 Å². The normalized spacial score (nSPS) is 24.1. The first-order valence-electron chi connectivity index (χ1n) is 4.54. The smallest absolute Gasteiger partial charge is 0.304 e. The van der Waals surface area contributed by atoms with E-state index in [1.807, 2.05) is 0 Å². The molecular weight excluding hydrogens is 254 g/mol. The Morgan fingerprint density at radius 1 is 1.56 bits per heavy atom. The van der Waals surface area contributed by atoms with Crippen LogP contribution in [0.25, 0.3) is 0 Å². The van der Waals surface area contributed by atoms with Gasteiger partial charge in [-0.25, -0.2) is 8.42 Å². The predicted octanol–water partition coefficient (Wildman–Crippen LogP) is -0.385. The van der Waals surface area contributed by atoms with Crippen molar-refractivity contribution >= 4 is 28.2 Å². The molecule has 0 amide bonds. The van der Waals surface area contributed by atoms with Crippen molar-refractivity contribution in [2.24, 2.45) is 0 Å². The summed E-state index contributed by atoms with van der Waals surface area (Å²) in [6.07, 6.45) is 4.95. The quantitative estimate of drug-likeness (QED) is 0.706. The van der Waals surface area contributed by atoms with Crippen molar-refractivity contribution in [3.63, 3.8) is 0 Å². The van der Waals surface area contributed by atoms with E-state index in [9.17, 15) is 13.2 Å². The van der Waals surface area contributed by atoms with E-state index in [1.165, 1.54) is 0 Å². The van der Waals surface area contributed by atoms with Gasteiger partial charge in [-0.1, -0.05) is 5.92 Å². The number of carboxylic acids is 1. The summed E-state index contributed by atoms with van der Waals surface area (Å²) < 4.78 is 22.6. The molecule has 1 heterocycles. The molecular formula is C9H14ClNO4S. The van der Waals surface area contributed by atoms with Gasteiger partial charge in [-0.15, -0.1) is 18.8 Å². The Bertz CT molecular complexity index is 387. The minimum atomic E-state index is -3.10. The van der Waals surface area contributed by atoms with E-state index in [2.05, 4.69) is 5.92 Å². The second kappa shape index (κ2) is 6.09. The molecule has 16 heavy (non-hydrogen) atoms. The van der Waals surface area contributed by atoms with E-state index < -0.39 is 21.8 Å². The summed E-state index contributed by atoms with van der Waals surface area (Å²) in [6.45, 7) is 0.623. The maximum atomic E-state index is 11.3. The van der Waals surface area contributed by atoms with Gasteiger partial charge in [0.05, 0.1) is 24.5 Å². The van der Waals surface area contributed by atoms with Crippen molar-refractivity contribution < 1.29 is 18.3 Å². The average Bonchev–Trinajstić information content (AvgIpc) is 2.08. The first kappa shape index (κ1) is 15.2. The number of sulfone groups is 1. The molecule has 0 aromatic heterocycles. The average molecular weight is 268 g/mol. The van der Waals surface area contributed by atoms with Crippen molar-refractivity contribution in [2.75, 3.05) is 24.6 Å². The zero-order valence-corrected chi connectivity index (χ0v) is 10.3. The Hall–Kier alpha value is -0.770. The van der Waals surface area contributed by atoms with Gasteiger partial charge in [0.2, 0.25) is 0 Å². The Morgan fingerprint density at radius 3 is 2.69 bits per heavy atom. The summed E-state index contributed by atoms with van der Waals surface area (Å²) in [6, 6.07) is -0.489. The fourth-order valence-corrected chi connectivity index (χ4v) is 3.23. The highest BCUT2D eigenvalue weighted by molar-refractivity contribution is 7.91. The molecule has 92 valence electrons. The fourth-order valence-electron chi connectivity index (χ4n) is 1.64. The Kier molecular flexibility index (Phi) is 5.79. The molecule has 0 radical (unpaired) electrons. The lowest BCUT2D eigenvalue weighted by molar-refractivity contribution is -0.138.